The second kappa shape index (κ2) is 7.12. The highest BCUT2D eigenvalue weighted by atomic mass is 16.5. The Morgan fingerprint density at radius 2 is 2.04 bits per heavy atom. The van der Waals surface area contributed by atoms with Gasteiger partial charge in [-0.3, -0.25) is 4.79 Å². The molecule has 1 amide bonds. The predicted molar refractivity (Wildman–Crippen MR) is 94.3 cm³/mol. The highest BCUT2D eigenvalue weighted by Gasteiger charge is 2.09. The summed E-state index contributed by atoms with van der Waals surface area (Å²) in [6.45, 7) is 3.92. The van der Waals surface area contributed by atoms with Crippen molar-refractivity contribution in [2.75, 3.05) is 11.9 Å². The van der Waals surface area contributed by atoms with Crippen LogP contribution in [0.5, 0.6) is 5.75 Å². The van der Waals surface area contributed by atoms with Crippen molar-refractivity contribution < 1.29 is 9.53 Å². The Morgan fingerprint density at radius 3 is 2.76 bits per heavy atom. The molecule has 0 fully saturated rings. The standard InChI is InChI=1S/C18H19N5O2/c1-12-7-8-16(13(2)9-12)25-11-17(24)19-15-6-4-5-14(10-15)18-20-21-22-23(18)3/h4-10H,11H2,1-3H3,(H,19,24). The third-order valence-electron chi connectivity index (χ3n) is 3.71. The Balaban J connectivity index is 1.64. The van der Waals surface area contributed by atoms with E-state index in [0.29, 0.717) is 17.3 Å². The van der Waals surface area contributed by atoms with Crippen molar-refractivity contribution in [3.05, 3.63) is 53.6 Å². The van der Waals surface area contributed by atoms with Gasteiger partial charge in [0.25, 0.3) is 5.91 Å². The zero-order valence-corrected chi connectivity index (χ0v) is 14.4. The van der Waals surface area contributed by atoms with Gasteiger partial charge in [-0.25, -0.2) is 4.68 Å². The molecule has 0 bridgehead atoms. The maximum absolute atomic E-state index is 12.1. The van der Waals surface area contributed by atoms with Crippen LogP contribution in [-0.4, -0.2) is 32.7 Å². The van der Waals surface area contributed by atoms with Gasteiger partial charge in [0.1, 0.15) is 5.75 Å². The summed E-state index contributed by atoms with van der Waals surface area (Å²) in [4.78, 5) is 12.1. The van der Waals surface area contributed by atoms with E-state index in [1.165, 1.54) is 0 Å². The lowest BCUT2D eigenvalue weighted by Crippen LogP contribution is -2.20. The number of nitrogens with one attached hydrogen (secondary N) is 1. The largest absolute Gasteiger partial charge is 0.483 e. The van der Waals surface area contributed by atoms with Crippen LogP contribution in [0.2, 0.25) is 0 Å². The number of aromatic nitrogens is 4. The first kappa shape index (κ1) is 16.6. The van der Waals surface area contributed by atoms with Crippen LogP contribution in [0.15, 0.2) is 42.5 Å². The van der Waals surface area contributed by atoms with E-state index in [0.717, 1.165) is 16.7 Å². The molecule has 0 spiro atoms. The topological polar surface area (TPSA) is 81.9 Å². The third-order valence-corrected chi connectivity index (χ3v) is 3.71. The maximum atomic E-state index is 12.1. The van der Waals surface area contributed by atoms with Crippen LogP contribution in [0.4, 0.5) is 5.69 Å². The second-order valence-electron chi connectivity index (χ2n) is 5.81. The van der Waals surface area contributed by atoms with E-state index in [-0.39, 0.29) is 12.5 Å². The molecule has 1 heterocycles. The number of hydrogen-bond donors (Lipinski definition) is 1. The number of benzene rings is 2. The molecule has 0 aliphatic rings. The normalized spacial score (nSPS) is 10.5. The molecule has 3 rings (SSSR count). The van der Waals surface area contributed by atoms with Gasteiger partial charge in [-0.2, -0.15) is 0 Å². The number of ether oxygens (including phenoxy) is 1. The lowest BCUT2D eigenvalue weighted by atomic mass is 10.1. The van der Waals surface area contributed by atoms with Gasteiger partial charge >= 0.3 is 0 Å². The fourth-order valence-electron chi connectivity index (χ4n) is 2.51. The van der Waals surface area contributed by atoms with Crippen molar-refractivity contribution in [1.82, 2.24) is 20.2 Å². The number of aryl methyl sites for hydroxylation is 3. The molecule has 0 atom stereocenters. The summed E-state index contributed by atoms with van der Waals surface area (Å²) < 4.78 is 7.17. The van der Waals surface area contributed by atoms with Crippen molar-refractivity contribution in [2.24, 2.45) is 7.05 Å². The van der Waals surface area contributed by atoms with Crippen LogP contribution in [-0.2, 0) is 11.8 Å². The number of amides is 1. The number of hydrogen-bond acceptors (Lipinski definition) is 5. The van der Waals surface area contributed by atoms with Crippen LogP contribution in [0, 0.1) is 13.8 Å². The van der Waals surface area contributed by atoms with Gasteiger partial charge < -0.3 is 10.1 Å². The first-order valence-corrected chi connectivity index (χ1v) is 7.85. The molecule has 0 saturated heterocycles. The molecule has 0 aliphatic carbocycles. The van der Waals surface area contributed by atoms with E-state index >= 15 is 0 Å². The van der Waals surface area contributed by atoms with Gasteiger partial charge in [-0.15, -0.1) is 5.10 Å². The van der Waals surface area contributed by atoms with Crippen LogP contribution >= 0.6 is 0 Å². The van der Waals surface area contributed by atoms with Gasteiger partial charge in [-0.1, -0.05) is 29.8 Å². The maximum Gasteiger partial charge on any atom is 0.262 e. The molecule has 0 saturated carbocycles. The van der Waals surface area contributed by atoms with Crippen molar-refractivity contribution in [2.45, 2.75) is 13.8 Å². The molecule has 1 N–H and O–H groups in total. The zero-order valence-electron chi connectivity index (χ0n) is 14.4. The van der Waals surface area contributed by atoms with Crippen LogP contribution < -0.4 is 10.1 Å². The number of tetrazole rings is 1. The smallest absolute Gasteiger partial charge is 0.262 e. The molecule has 128 valence electrons. The minimum absolute atomic E-state index is 0.0559. The van der Waals surface area contributed by atoms with Crippen molar-refractivity contribution >= 4 is 11.6 Å². The monoisotopic (exact) mass is 337 g/mol. The van der Waals surface area contributed by atoms with E-state index in [9.17, 15) is 4.79 Å². The SMILES string of the molecule is Cc1ccc(OCC(=O)Nc2cccc(-c3nnnn3C)c2)c(C)c1. The molecule has 7 nitrogen and oxygen atoms in total. The third kappa shape index (κ3) is 4.00. The Labute approximate surface area is 145 Å². The van der Waals surface area contributed by atoms with E-state index < -0.39 is 0 Å². The highest BCUT2D eigenvalue weighted by molar-refractivity contribution is 5.92. The number of nitrogens with zero attached hydrogens (tertiary/aromatic N) is 4. The number of rotatable bonds is 5. The minimum Gasteiger partial charge on any atom is -0.483 e. The predicted octanol–water partition coefficient (Wildman–Crippen LogP) is 2.51. The van der Waals surface area contributed by atoms with Crippen LogP contribution in [0.3, 0.4) is 0 Å². The fraction of sp³-hybridized carbons (Fsp3) is 0.222. The second-order valence-corrected chi connectivity index (χ2v) is 5.81. The molecule has 7 heteroatoms. The summed E-state index contributed by atoms with van der Waals surface area (Å²) in [6.07, 6.45) is 0. The van der Waals surface area contributed by atoms with E-state index in [4.69, 9.17) is 4.74 Å². The molecular formula is C18H19N5O2. The van der Waals surface area contributed by atoms with Crippen LogP contribution in [0.1, 0.15) is 11.1 Å². The molecule has 3 aromatic rings. The lowest BCUT2D eigenvalue weighted by molar-refractivity contribution is -0.118. The summed E-state index contributed by atoms with van der Waals surface area (Å²) in [7, 11) is 1.76. The molecule has 0 unspecified atom stereocenters. The number of carbonyl (C=O) groups excluding carboxylic acids is 1. The van der Waals surface area contributed by atoms with E-state index in [2.05, 4.69) is 20.8 Å². The average molecular weight is 337 g/mol. The molecular weight excluding hydrogens is 318 g/mol. The Bertz CT molecular complexity index is 904. The van der Waals surface area contributed by atoms with Gasteiger partial charge in [-0.05, 0) is 48.0 Å². The van der Waals surface area contributed by atoms with E-state index in [1.54, 1.807) is 11.7 Å². The molecule has 0 radical (unpaired) electrons. The molecule has 1 aromatic heterocycles. The van der Waals surface area contributed by atoms with Crippen molar-refractivity contribution in [3.8, 4) is 17.1 Å². The first-order chi connectivity index (χ1) is 12.0. The van der Waals surface area contributed by atoms with Crippen molar-refractivity contribution in [3.63, 3.8) is 0 Å². The summed E-state index contributed by atoms with van der Waals surface area (Å²) >= 11 is 0. The van der Waals surface area contributed by atoms with E-state index in [1.807, 2.05) is 56.3 Å². The van der Waals surface area contributed by atoms with Gasteiger partial charge in [0, 0.05) is 18.3 Å². The van der Waals surface area contributed by atoms with Crippen molar-refractivity contribution in [1.29, 1.82) is 0 Å². The average Bonchev–Trinajstić information content (AvgIpc) is 3.00. The summed E-state index contributed by atoms with van der Waals surface area (Å²) in [5.41, 5.74) is 3.64. The van der Waals surface area contributed by atoms with Crippen LogP contribution in [0.25, 0.3) is 11.4 Å². The molecule has 2 aromatic carbocycles. The summed E-state index contributed by atoms with van der Waals surface area (Å²) in [5, 5.41) is 14.2. The molecule has 25 heavy (non-hydrogen) atoms. The number of anilines is 1. The quantitative estimate of drug-likeness (QED) is 0.773. The minimum atomic E-state index is -0.229. The lowest BCUT2D eigenvalue weighted by Gasteiger charge is -2.10. The Kier molecular flexibility index (Phi) is 4.74. The number of carbonyl (C=O) groups is 1. The van der Waals surface area contributed by atoms with Gasteiger partial charge in [0.15, 0.2) is 12.4 Å². The first-order valence-electron chi connectivity index (χ1n) is 7.85. The van der Waals surface area contributed by atoms with Gasteiger partial charge in [0.2, 0.25) is 0 Å². The zero-order chi connectivity index (χ0) is 17.8. The van der Waals surface area contributed by atoms with Gasteiger partial charge in [0.05, 0.1) is 0 Å². The Morgan fingerprint density at radius 1 is 1.20 bits per heavy atom. The summed E-state index contributed by atoms with van der Waals surface area (Å²) in [5.74, 6) is 1.11. The molecule has 0 aliphatic heterocycles. The highest BCUT2D eigenvalue weighted by Crippen LogP contribution is 2.20. The Hall–Kier alpha value is -3.22. The fourth-order valence-corrected chi connectivity index (χ4v) is 2.51. The summed E-state index contributed by atoms with van der Waals surface area (Å²) in [6, 6.07) is 13.2.